The second-order valence-electron chi connectivity index (χ2n) is 4.06. The summed E-state index contributed by atoms with van der Waals surface area (Å²) in [6.45, 7) is 2.76. The first kappa shape index (κ1) is 15.0. The predicted octanol–water partition coefficient (Wildman–Crippen LogP) is -0.930. The zero-order valence-electron chi connectivity index (χ0n) is 10.9. The molecule has 0 radical (unpaired) electrons. The van der Waals surface area contributed by atoms with Crippen molar-refractivity contribution in [2.24, 2.45) is 5.73 Å². The number of aromatic nitrogens is 3. The van der Waals surface area contributed by atoms with Crippen LogP contribution in [0, 0.1) is 6.92 Å². The SMILES string of the molecule is Cc1nc(CN(C)S(=O)(=O)N(C)CCCN)n[nH]1. The van der Waals surface area contributed by atoms with Crippen molar-refractivity contribution in [2.45, 2.75) is 19.9 Å². The number of rotatable bonds is 7. The van der Waals surface area contributed by atoms with Gasteiger partial charge >= 0.3 is 0 Å². The molecule has 0 amide bonds. The second kappa shape index (κ2) is 6.23. The van der Waals surface area contributed by atoms with E-state index in [-0.39, 0.29) is 6.54 Å². The average Bonchev–Trinajstić information content (AvgIpc) is 2.71. The number of hydrogen-bond donors (Lipinski definition) is 2. The summed E-state index contributed by atoms with van der Waals surface area (Å²) in [5.41, 5.74) is 5.36. The molecular weight excluding hydrogens is 256 g/mol. The molecule has 0 aliphatic rings. The normalized spacial score (nSPS) is 12.6. The highest BCUT2D eigenvalue weighted by molar-refractivity contribution is 7.86. The molecule has 0 aliphatic heterocycles. The van der Waals surface area contributed by atoms with E-state index in [4.69, 9.17) is 5.73 Å². The molecule has 0 unspecified atom stereocenters. The highest BCUT2D eigenvalue weighted by atomic mass is 32.2. The van der Waals surface area contributed by atoms with E-state index < -0.39 is 10.2 Å². The fraction of sp³-hybridized carbons (Fsp3) is 0.778. The molecule has 0 spiro atoms. The Morgan fingerprint density at radius 1 is 1.33 bits per heavy atom. The Morgan fingerprint density at radius 3 is 2.50 bits per heavy atom. The summed E-state index contributed by atoms with van der Waals surface area (Å²) in [6, 6.07) is 0. The summed E-state index contributed by atoms with van der Waals surface area (Å²) in [7, 11) is -0.451. The number of nitrogens with zero attached hydrogens (tertiary/aromatic N) is 4. The minimum Gasteiger partial charge on any atom is -0.330 e. The third-order valence-electron chi connectivity index (χ3n) is 2.47. The van der Waals surface area contributed by atoms with E-state index in [2.05, 4.69) is 15.2 Å². The van der Waals surface area contributed by atoms with E-state index in [0.29, 0.717) is 31.2 Å². The molecule has 1 rings (SSSR count). The van der Waals surface area contributed by atoms with Crippen molar-refractivity contribution in [3.05, 3.63) is 11.6 Å². The number of nitrogens with one attached hydrogen (secondary N) is 1. The molecule has 1 aromatic heterocycles. The van der Waals surface area contributed by atoms with E-state index in [1.165, 1.54) is 22.7 Å². The average molecular weight is 276 g/mol. The summed E-state index contributed by atoms with van der Waals surface area (Å²) < 4.78 is 26.7. The molecule has 0 fully saturated rings. The Bertz CT molecular complexity index is 471. The van der Waals surface area contributed by atoms with Gasteiger partial charge in [-0.25, -0.2) is 4.98 Å². The van der Waals surface area contributed by atoms with Crippen molar-refractivity contribution < 1.29 is 8.42 Å². The lowest BCUT2D eigenvalue weighted by Crippen LogP contribution is -2.40. The minimum atomic E-state index is -3.48. The number of nitrogens with two attached hydrogens (primary N) is 1. The second-order valence-corrected chi connectivity index (χ2v) is 6.21. The van der Waals surface area contributed by atoms with Crippen LogP contribution in [0.5, 0.6) is 0 Å². The molecule has 0 saturated carbocycles. The predicted molar refractivity (Wildman–Crippen MR) is 67.8 cm³/mol. The number of aryl methyl sites for hydroxylation is 1. The maximum absolute atomic E-state index is 12.1. The smallest absolute Gasteiger partial charge is 0.281 e. The van der Waals surface area contributed by atoms with Crippen molar-refractivity contribution in [2.75, 3.05) is 27.2 Å². The van der Waals surface area contributed by atoms with Gasteiger partial charge in [0.05, 0.1) is 6.54 Å². The van der Waals surface area contributed by atoms with Crippen LogP contribution in [0.15, 0.2) is 0 Å². The Hall–Kier alpha value is -1.03. The highest BCUT2D eigenvalue weighted by Crippen LogP contribution is 2.07. The van der Waals surface area contributed by atoms with Crippen molar-refractivity contribution in [1.29, 1.82) is 0 Å². The van der Waals surface area contributed by atoms with Gasteiger partial charge in [0.2, 0.25) is 0 Å². The molecule has 0 bridgehead atoms. The minimum absolute atomic E-state index is 0.139. The van der Waals surface area contributed by atoms with Crippen LogP contribution in [-0.4, -0.2) is 59.4 Å². The largest absolute Gasteiger partial charge is 0.330 e. The number of aromatic amines is 1. The van der Waals surface area contributed by atoms with E-state index in [9.17, 15) is 8.42 Å². The van der Waals surface area contributed by atoms with Crippen LogP contribution in [0.2, 0.25) is 0 Å². The van der Waals surface area contributed by atoms with E-state index in [1.54, 1.807) is 6.92 Å². The molecule has 1 heterocycles. The summed E-state index contributed by atoms with van der Waals surface area (Å²) in [5, 5.41) is 6.59. The van der Waals surface area contributed by atoms with Gasteiger partial charge in [-0.3, -0.25) is 5.10 Å². The summed E-state index contributed by atoms with van der Waals surface area (Å²) in [4.78, 5) is 4.07. The maximum Gasteiger partial charge on any atom is 0.281 e. The van der Waals surface area contributed by atoms with Crippen LogP contribution in [0.4, 0.5) is 0 Å². The van der Waals surface area contributed by atoms with Gasteiger partial charge in [-0.2, -0.15) is 22.1 Å². The van der Waals surface area contributed by atoms with Crippen molar-refractivity contribution in [3.63, 3.8) is 0 Å². The van der Waals surface area contributed by atoms with Gasteiger partial charge in [0, 0.05) is 20.6 Å². The highest BCUT2D eigenvalue weighted by Gasteiger charge is 2.24. The summed E-state index contributed by atoms with van der Waals surface area (Å²) in [6.07, 6.45) is 0.628. The molecule has 0 saturated heterocycles. The monoisotopic (exact) mass is 276 g/mol. The summed E-state index contributed by atoms with van der Waals surface area (Å²) >= 11 is 0. The zero-order valence-corrected chi connectivity index (χ0v) is 11.7. The molecule has 1 aromatic rings. The van der Waals surface area contributed by atoms with Crippen LogP contribution < -0.4 is 5.73 Å². The molecule has 0 aliphatic carbocycles. The van der Waals surface area contributed by atoms with Crippen LogP contribution in [-0.2, 0) is 16.8 Å². The van der Waals surface area contributed by atoms with E-state index in [0.717, 1.165) is 0 Å². The topological polar surface area (TPSA) is 108 Å². The molecule has 8 nitrogen and oxygen atoms in total. The lowest BCUT2D eigenvalue weighted by Gasteiger charge is -2.23. The Morgan fingerprint density at radius 2 is 2.00 bits per heavy atom. The quantitative estimate of drug-likeness (QED) is 0.669. The molecule has 18 heavy (non-hydrogen) atoms. The van der Waals surface area contributed by atoms with Gasteiger partial charge in [-0.05, 0) is 19.9 Å². The van der Waals surface area contributed by atoms with Gasteiger partial charge in [0.25, 0.3) is 10.2 Å². The van der Waals surface area contributed by atoms with Gasteiger partial charge in [0.1, 0.15) is 5.82 Å². The molecular formula is C9H20N6O2S. The lowest BCUT2D eigenvalue weighted by atomic mass is 10.4. The van der Waals surface area contributed by atoms with Gasteiger partial charge < -0.3 is 5.73 Å². The van der Waals surface area contributed by atoms with Crippen molar-refractivity contribution in [3.8, 4) is 0 Å². The standard InChI is InChI=1S/C9H20N6O2S/c1-8-11-9(13-12-8)7-15(3)18(16,17)14(2)6-4-5-10/h4-7,10H2,1-3H3,(H,11,12,13). The van der Waals surface area contributed by atoms with Crippen molar-refractivity contribution in [1.82, 2.24) is 23.8 Å². The van der Waals surface area contributed by atoms with E-state index in [1.807, 2.05) is 0 Å². The van der Waals surface area contributed by atoms with Crippen LogP contribution in [0.3, 0.4) is 0 Å². The maximum atomic E-state index is 12.1. The molecule has 104 valence electrons. The van der Waals surface area contributed by atoms with Crippen LogP contribution in [0.1, 0.15) is 18.1 Å². The third-order valence-corrected chi connectivity index (χ3v) is 4.36. The van der Waals surface area contributed by atoms with E-state index >= 15 is 0 Å². The molecule has 3 N–H and O–H groups in total. The van der Waals surface area contributed by atoms with Gasteiger partial charge in [-0.15, -0.1) is 0 Å². The van der Waals surface area contributed by atoms with Crippen LogP contribution in [0.25, 0.3) is 0 Å². The fourth-order valence-electron chi connectivity index (χ4n) is 1.41. The first-order valence-corrected chi connectivity index (χ1v) is 7.03. The number of H-pyrrole nitrogens is 1. The van der Waals surface area contributed by atoms with Crippen molar-refractivity contribution >= 4 is 10.2 Å². The molecule has 0 aromatic carbocycles. The molecule has 9 heteroatoms. The first-order chi connectivity index (χ1) is 8.37. The fourth-order valence-corrected chi connectivity index (χ4v) is 2.52. The van der Waals surface area contributed by atoms with Gasteiger partial charge in [0.15, 0.2) is 5.82 Å². The Kier molecular flexibility index (Phi) is 5.20. The molecule has 0 atom stereocenters. The van der Waals surface area contributed by atoms with Gasteiger partial charge in [-0.1, -0.05) is 0 Å². The lowest BCUT2D eigenvalue weighted by molar-refractivity contribution is 0.383. The third kappa shape index (κ3) is 3.73. The first-order valence-electron chi connectivity index (χ1n) is 5.63. The Labute approximate surface area is 107 Å². The summed E-state index contributed by atoms with van der Waals surface area (Å²) in [5.74, 6) is 1.11. The van der Waals surface area contributed by atoms with Crippen LogP contribution >= 0.6 is 0 Å². The Balaban J connectivity index is 2.66. The number of hydrogen-bond acceptors (Lipinski definition) is 5. The zero-order chi connectivity index (χ0) is 13.8.